The largest absolute Gasteiger partial charge is 0.451 e. The van der Waals surface area contributed by atoms with Crippen LogP contribution >= 0.6 is 0 Å². The van der Waals surface area contributed by atoms with Crippen LogP contribution in [0.3, 0.4) is 0 Å². The van der Waals surface area contributed by atoms with Crippen LogP contribution in [0.25, 0.3) is 6.08 Å². The lowest BCUT2D eigenvalue weighted by Crippen LogP contribution is -2.21. The van der Waals surface area contributed by atoms with Crippen LogP contribution in [0.2, 0.25) is 0 Å². The maximum Gasteiger partial charge on any atom is 0.349 e. The van der Waals surface area contributed by atoms with E-state index < -0.39 is 18.5 Å². The predicted octanol–water partition coefficient (Wildman–Crippen LogP) is 3.49. The number of hydrogen-bond donors (Lipinski definition) is 2. The predicted molar refractivity (Wildman–Crippen MR) is 116 cm³/mol. The Kier molecular flexibility index (Phi) is 6.55. The van der Waals surface area contributed by atoms with E-state index in [9.17, 15) is 19.6 Å². The van der Waals surface area contributed by atoms with Gasteiger partial charge in [-0.05, 0) is 68.7 Å². The van der Waals surface area contributed by atoms with Crippen molar-refractivity contribution in [1.82, 2.24) is 4.57 Å². The standard InChI is InChI=1S/C23H24N4O4/c1-14-10-17(15(2)27(14)21-8-9-21)11-18(12-24)23(30)31-13-22(29)26-20-6-4-19(5-7-20)25-16(3)28/h4-7,10-11,21H,8-9,13H2,1-3H3,(H,25,28)(H,26,29)/b18-11+. The number of nitriles is 1. The van der Waals surface area contributed by atoms with Crippen LogP contribution in [0.15, 0.2) is 35.9 Å². The van der Waals surface area contributed by atoms with Crippen molar-refractivity contribution >= 4 is 35.2 Å². The Balaban J connectivity index is 1.58. The van der Waals surface area contributed by atoms with Crippen LogP contribution in [0.4, 0.5) is 11.4 Å². The molecular formula is C23H24N4O4. The molecule has 0 radical (unpaired) electrons. The number of amides is 2. The SMILES string of the molecule is CC(=O)Nc1ccc(NC(=O)COC(=O)/C(C#N)=C/c2cc(C)n(C3CC3)c2C)cc1. The van der Waals surface area contributed by atoms with E-state index >= 15 is 0 Å². The van der Waals surface area contributed by atoms with Crippen LogP contribution in [0.1, 0.15) is 42.8 Å². The molecule has 8 heteroatoms. The molecule has 0 spiro atoms. The van der Waals surface area contributed by atoms with Gasteiger partial charge in [0.1, 0.15) is 11.6 Å². The fraction of sp³-hybridized carbons (Fsp3) is 0.304. The number of carbonyl (C=O) groups is 3. The number of esters is 1. The number of nitrogens with zero attached hydrogens (tertiary/aromatic N) is 2. The molecule has 1 aliphatic rings. The van der Waals surface area contributed by atoms with Crippen LogP contribution < -0.4 is 10.6 Å². The number of aromatic nitrogens is 1. The van der Waals surface area contributed by atoms with E-state index in [0.717, 1.165) is 29.8 Å². The van der Waals surface area contributed by atoms with E-state index in [4.69, 9.17) is 4.74 Å². The van der Waals surface area contributed by atoms with Crippen molar-refractivity contribution < 1.29 is 19.1 Å². The Morgan fingerprint density at radius 1 is 1.16 bits per heavy atom. The molecule has 1 aliphatic carbocycles. The maximum absolute atomic E-state index is 12.3. The molecule has 0 aliphatic heterocycles. The van der Waals surface area contributed by atoms with E-state index in [1.165, 1.54) is 13.0 Å². The van der Waals surface area contributed by atoms with Crippen LogP contribution in [-0.2, 0) is 19.1 Å². The van der Waals surface area contributed by atoms with Gasteiger partial charge in [0.15, 0.2) is 6.61 Å². The number of carbonyl (C=O) groups excluding carboxylic acids is 3. The molecule has 0 atom stereocenters. The van der Waals surface area contributed by atoms with Crippen LogP contribution in [0.5, 0.6) is 0 Å². The number of anilines is 2. The Hall–Kier alpha value is -3.86. The zero-order chi connectivity index (χ0) is 22.5. The molecule has 1 fully saturated rings. The van der Waals surface area contributed by atoms with Crippen molar-refractivity contribution in [3.8, 4) is 6.07 Å². The van der Waals surface area contributed by atoms with Crippen LogP contribution in [0, 0.1) is 25.2 Å². The van der Waals surface area contributed by atoms with Gasteiger partial charge in [0.25, 0.3) is 5.91 Å². The number of rotatable bonds is 7. The van der Waals surface area contributed by atoms with Crippen molar-refractivity contribution in [3.63, 3.8) is 0 Å². The second kappa shape index (κ2) is 9.30. The Labute approximate surface area is 180 Å². The number of ether oxygens (including phenoxy) is 1. The van der Waals surface area contributed by atoms with E-state index in [1.807, 2.05) is 26.0 Å². The number of aryl methyl sites for hydroxylation is 1. The number of hydrogen-bond acceptors (Lipinski definition) is 5. The second-order valence-electron chi connectivity index (χ2n) is 7.48. The maximum atomic E-state index is 12.3. The Morgan fingerprint density at radius 2 is 1.77 bits per heavy atom. The highest BCUT2D eigenvalue weighted by Gasteiger charge is 2.27. The first-order valence-electron chi connectivity index (χ1n) is 9.93. The minimum absolute atomic E-state index is 0.163. The molecule has 2 aromatic rings. The zero-order valence-corrected chi connectivity index (χ0v) is 17.7. The summed E-state index contributed by atoms with van der Waals surface area (Å²) in [6.45, 7) is 4.84. The van der Waals surface area contributed by atoms with Gasteiger partial charge in [0.05, 0.1) is 0 Å². The average molecular weight is 420 g/mol. The monoisotopic (exact) mass is 420 g/mol. The summed E-state index contributed by atoms with van der Waals surface area (Å²) in [4.78, 5) is 35.4. The summed E-state index contributed by atoms with van der Waals surface area (Å²) in [5.74, 6) is -1.58. The third-order valence-electron chi connectivity index (χ3n) is 4.90. The lowest BCUT2D eigenvalue weighted by atomic mass is 10.1. The normalized spacial score (nSPS) is 13.3. The van der Waals surface area contributed by atoms with Gasteiger partial charge in [0.2, 0.25) is 5.91 Å². The van der Waals surface area contributed by atoms with Gasteiger partial charge in [0, 0.05) is 35.7 Å². The van der Waals surface area contributed by atoms with Gasteiger partial charge in [-0.15, -0.1) is 0 Å². The minimum Gasteiger partial charge on any atom is -0.451 e. The van der Waals surface area contributed by atoms with E-state index in [0.29, 0.717) is 17.4 Å². The van der Waals surface area contributed by atoms with E-state index in [2.05, 4.69) is 15.2 Å². The summed E-state index contributed by atoms with van der Waals surface area (Å²) in [5, 5.41) is 14.6. The van der Waals surface area contributed by atoms with Crippen molar-refractivity contribution in [3.05, 3.63) is 52.9 Å². The van der Waals surface area contributed by atoms with Crippen LogP contribution in [-0.4, -0.2) is 29.0 Å². The first-order valence-corrected chi connectivity index (χ1v) is 9.93. The lowest BCUT2D eigenvalue weighted by Gasteiger charge is -2.08. The highest BCUT2D eigenvalue weighted by Crippen LogP contribution is 2.38. The van der Waals surface area contributed by atoms with Gasteiger partial charge >= 0.3 is 5.97 Å². The molecular weight excluding hydrogens is 396 g/mol. The smallest absolute Gasteiger partial charge is 0.349 e. The molecule has 2 amide bonds. The average Bonchev–Trinajstić information content (AvgIpc) is 3.51. The van der Waals surface area contributed by atoms with E-state index in [1.54, 1.807) is 24.3 Å². The van der Waals surface area contributed by atoms with Gasteiger partial charge in [-0.1, -0.05) is 0 Å². The summed E-state index contributed by atoms with van der Waals surface area (Å²) in [6, 6.07) is 10.8. The highest BCUT2D eigenvalue weighted by molar-refractivity contribution is 6.00. The van der Waals surface area contributed by atoms with Gasteiger partial charge in [-0.2, -0.15) is 5.26 Å². The molecule has 1 aromatic carbocycles. The molecule has 0 saturated heterocycles. The van der Waals surface area contributed by atoms with E-state index in [-0.39, 0.29) is 11.5 Å². The van der Waals surface area contributed by atoms with Crippen molar-refractivity contribution in [1.29, 1.82) is 5.26 Å². The highest BCUT2D eigenvalue weighted by atomic mass is 16.5. The molecule has 2 N–H and O–H groups in total. The summed E-state index contributed by atoms with van der Waals surface area (Å²) >= 11 is 0. The van der Waals surface area contributed by atoms with Crippen molar-refractivity contribution in [2.45, 2.75) is 39.7 Å². The molecule has 3 rings (SSSR count). The molecule has 1 aromatic heterocycles. The van der Waals surface area contributed by atoms with Gasteiger partial charge in [-0.3, -0.25) is 9.59 Å². The summed E-state index contributed by atoms with van der Waals surface area (Å²) in [6.07, 6.45) is 3.78. The fourth-order valence-electron chi connectivity index (χ4n) is 3.38. The first kappa shape index (κ1) is 21.8. The summed E-state index contributed by atoms with van der Waals surface area (Å²) in [7, 11) is 0. The third-order valence-corrected chi connectivity index (χ3v) is 4.90. The third kappa shape index (κ3) is 5.60. The topological polar surface area (TPSA) is 113 Å². The lowest BCUT2D eigenvalue weighted by molar-refractivity contribution is -0.142. The number of nitrogens with one attached hydrogen (secondary N) is 2. The molecule has 0 bridgehead atoms. The zero-order valence-electron chi connectivity index (χ0n) is 17.7. The molecule has 1 saturated carbocycles. The van der Waals surface area contributed by atoms with Gasteiger partial charge < -0.3 is 19.9 Å². The molecule has 0 unspecified atom stereocenters. The Morgan fingerprint density at radius 3 is 2.32 bits per heavy atom. The summed E-state index contributed by atoms with van der Waals surface area (Å²) in [5.41, 5.74) is 3.80. The molecule has 1 heterocycles. The Bertz CT molecular complexity index is 1090. The molecule has 160 valence electrons. The summed E-state index contributed by atoms with van der Waals surface area (Å²) < 4.78 is 7.23. The number of benzene rings is 1. The minimum atomic E-state index is -0.852. The quantitative estimate of drug-likeness (QED) is 0.404. The van der Waals surface area contributed by atoms with Crippen molar-refractivity contribution in [2.24, 2.45) is 0 Å². The fourth-order valence-corrected chi connectivity index (χ4v) is 3.38. The first-order chi connectivity index (χ1) is 14.8. The second-order valence-corrected chi connectivity index (χ2v) is 7.48. The molecule has 8 nitrogen and oxygen atoms in total. The molecule has 31 heavy (non-hydrogen) atoms. The van der Waals surface area contributed by atoms with Crippen molar-refractivity contribution in [2.75, 3.05) is 17.2 Å². The van der Waals surface area contributed by atoms with Gasteiger partial charge in [-0.25, -0.2) is 4.79 Å².